The summed E-state index contributed by atoms with van der Waals surface area (Å²) in [6, 6.07) is 0.670. The minimum Gasteiger partial charge on any atom is -0.298 e. The van der Waals surface area contributed by atoms with Gasteiger partial charge in [0.2, 0.25) is 0 Å². The van der Waals surface area contributed by atoms with Crippen LogP contribution in [0.4, 0.5) is 0 Å². The van der Waals surface area contributed by atoms with Crippen molar-refractivity contribution < 1.29 is 0 Å². The normalized spacial score (nSPS) is 49.2. The van der Waals surface area contributed by atoms with Crippen molar-refractivity contribution in [3.8, 4) is 0 Å². The third kappa shape index (κ3) is 1.26. The molecule has 2 N–H and O–H groups in total. The molecule has 0 radical (unpaired) electrons. The zero-order valence-corrected chi connectivity index (χ0v) is 8.17. The van der Waals surface area contributed by atoms with E-state index in [1.165, 1.54) is 6.42 Å². The lowest BCUT2D eigenvalue weighted by molar-refractivity contribution is 0.108. The SMILES string of the molecule is CC1CC(C)C2CNN(C)C2N1. The van der Waals surface area contributed by atoms with Crippen molar-refractivity contribution in [2.75, 3.05) is 13.6 Å². The predicted molar refractivity (Wildman–Crippen MR) is 49.4 cm³/mol. The number of hydrazine groups is 1. The first kappa shape index (κ1) is 8.48. The number of hydrogen-bond acceptors (Lipinski definition) is 3. The van der Waals surface area contributed by atoms with Crippen LogP contribution in [0.3, 0.4) is 0 Å². The van der Waals surface area contributed by atoms with Crippen LogP contribution in [0.5, 0.6) is 0 Å². The van der Waals surface area contributed by atoms with Gasteiger partial charge in [-0.2, -0.15) is 0 Å². The van der Waals surface area contributed by atoms with Gasteiger partial charge >= 0.3 is 0 Å². The van der Waals surface area contributed by atoms with Crippen molar-refractivity contribution in [3.63, 3.8) is 0 Å². The van der Waals surface area contributed by atoms with Gasteiger partial charge in [0.25, 0.3) is 0 Å². The minimum absolute atomic E-state index is 0.559. The number of nitrogens with zero attached hydrogens (tertiary/aromatic N) is 1. The molecular weight excluding hydrogens is 150 g/mol. The van der Waals surface area contributed by atoms with Crippen molar-refractivity contribution in [1.29, 1.82) is 0 Å². The number of nitrogens with one attached hydrogen (secondary N) is 2. The van der Waals surface area contributed by atoms with E-state index in [2.05, 4.69) is 36.6 Å². The third-order valence-electron chi connectivity index (χ3n) is 3.31. The van der Waals surface area contributed by atoms with Crippen molar-refractivity contribution in [2.24, 2.45) is 11.8 Å². The van der Waals surface area contributed by atoms with E-state index in [0.29, 0.717) is 12.2 Å². The molecule has 70 valence electrons. The fourth-order valence-corrected chi connectivity index (χ4v) is 2.59. The van der Waals surface area contributed by atoms with Crippen molar-refractivity contribution >= 4 is 0 Å². The average molecular weight is 169 g/mol. The van der Waals surface area contributed by atoms with Crippen LogP contribution in [0, 0.1) is 11.8 Å². The van der Waals surface area contributed by atoms with Crippen molar-refractivity contribution in [3.05, 3.63) is 0 Å². The number of rotatable bonds is 0. The number of fused-ring (bicyclic) bond motifs is 1. The molecule has 2 fully saturated rings. The Kier molecular flexibility index (Phi) is 2.10. The summed E-state index contributed by atoms with van der Waals surface area (Å²) in [5.41, 5.74) is 3.38. The first-order valence-corrected chi connectivity index (χ1v) is 4.91. The highest BCUT2D eigenvalue weighted by Crippen LogP contribution is 2.29. The maximum Gasteiger partial charge on any atom is 0.0775 e. The molecule has 2 aliphatic heterocycles. The first-order valence-electron chi connectivity index (χ1n) is 4.91. The Morgan fingerprint density at radius 1 is 1.33 bits per heavy atom. The summed E-state index contributed by atoms with van der Waals surface area (Å²) < 4.78 is 0. The van der Waals surface area contributed by atoms with Gasteiger partial charge in [0.05, 0.1) is 6.17 Å². The molecule has 2 saturated heterocycles. The van der Waals surface area contributed by atoms with Gasteiger partial charge in [-0.05, 0) is 19.3 Å². The molecule has 0 aromatic heterocycles. The maximum absolute atomic E-state index is 3.62. The zero-order valence-electron chi connectivity index (χ0n) is 8.17. The second-order valence-corrected chi connectivity index (χ2v) is 4.36. The molecule has 3 heteroatoms. The van der Waals surface area contributed by atoms with E-state index in [-0.39, 0.29) is 0 Å². The van der Waals surface area contributed by atoms with Crippen LogP contribution in [-0.2, 0) is 0 Å². The predicted octanol–water partition coefficient (Wildman–Crippen LogP) is 0.397. The fourth-order valence-electron chi connectivity index (χ4n) is 2.59. The number of piperidine rings is 1. The van der Waals surface area contributed by atoms with Crippen LogP contribution in [-0.4, -0.2) is 30.8 Å². The van der Waals surface area contributed by atoms with Gasteiger partial charge in [0, 0.05) is 25.6 Å². The lowest BCUT2D eigenvalue weighted by Gasteiger charge is -2.37. The molecule has 0 amide bonds. The van der Waals surface area contributed by atoms with Gasteiger partial charge in [-0.15, -0.1) is 0 Å². The summed E-state index contributed by atoms with van der Waals surface area (Å²) in [6.07, 6.45) is 1.88. The van der Waals surface area contributed by atoms with E-state index < -0.39 is 0 Å². The van der Waals surface area contributed by atoms with Gasteiger partial charge in [-0.3, -0.25) is 10.7 Å². The van der Waals surface area contributed by atoms with Crippen LogP contribution in [0.2, 0.25) is 0 Å². The Morgan fingerprint density at radius 3 is 2.83 bits per heavy atom. The van der Waals surface area contributed by atoms with Crippen LogP contribution >= 0.6 is 0 Å². The Bertz CT molecular complexity index is 171. The minimum atomic E-state index is 0.559. The summed E-state index contributed by atoms with van der Waals surface area (Å²) in [7, 11) is 2.13. The second-order valence-electron chi connectivity index (χ2n) is 4.36. The van der Waals surface area contributed by atoms with Crippen LogP contribution in [0.1, 0.15) is 20.3 Å². The van der Waals surface area contributed by atoms with Gasteiger partial charge in [0.1, 0.15) is 0 Å². The molecule has 0 bridgehead atoms. The van der Waals surface area contributed by atoms with Gasteiger partial charge < -0.3 is 0 Å². The molecule has 0 aromatic carbocycles. The molecule has 4 atom stereocenters. The van der Waals surface area contributed by atoms with E-state index in [4.69, 9.17) is 0 Å². The third-order valence-corrected chi connectivity index (χ3v) is 3.31. The topological polar surface area (TPSA) is 27.3 Å². The van der Waals surface area contributed by atoms with E-state index >= 15 is 0 Å². The van der Waals surface area contributed by atoms with Crippen molar-refractivity contribution in [1.82, 2.24) is 15.8 Å². The maximum atomic E-state index is 3.62. The Balaban J connectivity index is 2.08. The number of hydrogen-bond donors (Lipinski definition) is 2. The molecule has 2 heterocycles. The zero-order chi connectivity index (χ0) is 8.72. The highest BCUT2D eigenvalue weighted by atomic mass is 15.6. The first-order chi connectivity index (χ1) is 5.68. The summed E-state index contributed by atoms with van der Waals surface area (Å²) in [5, 5.41) is 5.84. The summed E-state index contributed by atoms with van der Waals surface area (Å²) >= 11 is 0. The summed E-state index contributed by atoms with van der Waals surface area (Å²) in [5.74, 6) is 1.65. The lowest BCUT2D eigenvalue weighted by atomic mass is 9.83. The molecular formula is C9H19N3. The van der Waals surface area contributed by atoms with Crippen LogP contribution < -0.4 is 10.7 Å². The fraction of sp³-hybridized carbons (Fsp3) is 1.00. The molecule has 0 aromatic rings. The lowest BCUT2D eigenvalue weighted by Crippen LogP contribution is -2.54. The summed E-state index contributed by atoms with van der Waals surface area (Å²) in [4.78, 5) is 0. The monoisotopic (exact) mass is 169 g/mol. The smallest absolute Gasteiger partial charge is 0.0775 e. The Morgan fingerprint density at radius 2 is 2.08 bits per heavy atom. The van der Waals surface area contributed by atoms with E-state index in [1.54, 1.807) is 0 Å². The Labute approximate surface area is 74.5 Å². The molecule has 2 aliphatic rings. The molecule has 12 heavy (non-hydrogen) atoms. The summed E-state index contributed by atoms with van der Waals surface area (Å²) in [6.45, 7) is 5.79. The molecule has 0 spiro atoms. The van der Waals surface area contributed by atoms with Gasteiger partial charge in [-0.1, -0.05) is 6.92 Å². The van der Waals surface area contributed by atoms with E-state index in [0.717, 1.165) is 18.4 Å². The van der Waals surface area contributed by atoms with Crippen LogP contribution in [0.15, 0.2) is 0 Å². The highest BCUT2D eigenvalue weighted by molar-refractivity contribution is 4.91. The molecule has 2 rings (SSSR count). The molecule has 0 aliphatic carbocycles. The van der Waals surface area contributed by atoms with Gasteiger partial charge in [0.15, 0.2) is 0 Å². The van der Waals surface area contributed by atoms with E-state index in [1.807, 2.05) is 0 Å². The largest absolute Gasteiger partial charge is 0.298 e. The molecule has 4 unspecified atom stereocenters. The van der Waals surface area contributed by atoms with Crippen molar-refractivity contribution in [2.45, 2.75) is 32.5 Å². The standard InChI is InChI=1S/C9H19N3/c1-6-4-7(2)11-9-8(6)5-10-12(9)3/h6-11H,4-5H2,1-3H3. The quantitative estimate of drug-likeness (QED) is 0.549. The highest BCUT2D eigenvalue weighted by Gasteiger charge is 2.39. The molecule has 3 nitrogen and oxygen atoms in total. The van der Waals surface area contributed by atoms with E-state index in [9.17, 15) is 0 Å². The molecule has 0 saturated carbocycles. The Hall–Kier alpha value is -0.120. The average Bonchev–Trinajstić information content (AvgIpc) is 2.33. The van der Waals surface area contributed by atoms with Crippen LogP contribution in [0.25, 0.3) is 0 Å². The van der Waals surface area contributed by atoms with Gasteiger partial charge in [-0.25, -0.2) is 5.01 Å². The second kappa shape index (κ2) is 2.98.